The van der Waals surface area contributed by atoms with Crippen LogP contribution < -0.4 is 0 Å². The van der Waals surface area contributed by atoms with Crippen molar-refractivity contribution in [3.05, 3.63) is 119 Å². The minimum Gasteiger partial charge on any atom is -0.295 e. The largest absolute Gasteiger partial charge is 0.295 e. The highest BCUT2D eigenvalue weighted by atomic mass is 32.1. The number of hydrogen-bond acceptors (Lipinski definition) is 2. The lowest BCUT2D eigenvalue weighted by Crippen LogP contribution is -2.63. The number of likely N-dealkylation sites (tertiary alicyclic amines) is 1. The molecule has 3 aromatic carbocycles. The second kappa shape index (κ2) is 21.9. The van der Waals surface area contributed by atoms with E-state index in [0.717, 1.165) is 24.1 Å². The summed E-state index contributed by atoms with van der Waals surface area (Å²) in [5.74, 6) is 7.16. The third kappa shape index (κ3) is 12.6. The van der Waals surface area contributed by atoms with Crippen LogP contribution in [0.25, 0.3) is 0 Å². The predicted molar refractivity (Wildman–Crippen MR) is 192 cm³/mol. The van der Waals surface area contributed by atoms with Crippen molar-refractivity contribution < 1.29 is 0 Å². The summed E-state index contributed by atoms with van der Waals surface area (Å²) in [5.41, 5.74) is 6.18. The van der Waals surface area contributed by atoms with Crippen LogP contribution in [-0.2, 0) is 0 Å². The molecular formula is C40H57NS. The van der Waals surface area contributed by atoms with Crippen LogP contribution in [0.3, 0.4) is 0 Å². The van der Waals surface area contributed by atoms with Crippen molar-refractivity contribution in [3.8, 4) is 11.8 Å². The van der Waals surface area contributed by atoms with Crippen LogP contribution >= 0.6 is 12.6 Å². The molecule has 0 radical (unpaired) electrons. The summed E-state index contributed by atoms with van der Waals surface area (Å²) >= 11 is 4.88. The Balaban J connectivity index is 0.000000682. The van der Waals surface area contributed by atoms with E-state index in [2.05, 4.69) is 99.5 Å². The molecule has 0 unspecified atom stereocenters. The quantitative estimate of drug-likeness (QED) is 0.149. The highest BCUT2D eigenvalue weighted by Gasteiger charge is 2.47. The Morgan fingerprint density at radius 2 is 1.33 bits per heavy atom. The Morgan fingerprint density at radius 1 is 0.810 bits per heavy atom. The summed E-state index contributed by atoms with van der Waals surface area (Å²) in [6, 6.07) is 30.6. The molecule has 0 bridgehead atoms. The number of nitrogens with zero attached hydrogens (tertiary/aromatic N) is 1. The van der Waals surface area contributed by atoms with Gasteiger partial charge in [0.25, 0.3) is 0 Å². The topological polar surface area (TPSA) is 3.24 Å². The van der Waals surface area contributed by atoms with Gasteiger partial charge in [0.05, 0.1) is 0 Å². The van der Waals surface area contributed by atoms with Crippen LogP contribution in [0, 0.1) is 18.8 Å². The molecule has 1 aliphatic heterocycles. The minimum atomic E-state index is 0.461. The third-order valence-corrected chi connectivity index (χ3v) is 7.79. The second-order valence-electron chi connectivity index (χ2n) is 10.6. The third-order valence-electron chi connectivity index (χ3n) is 7.37. The fourth-order valence-corrected chi connectivity index (χ4v) is 5.86. The molecule has 0 N–H and O–H groups in total. The van der Waals surface area contributed by atoms with Gasteiger partial charge < -0.3 is 0 Å². The molecule has 42 heavy (non-hydrogen) atoms. The van der Waals surface area contributed by atoms with E-state index in [1.807, 2.05) is 64.1 Å². The van der Waals surface area contributed by atoms with Gasteiger partial charge >= 0.3 is 0 Å². The highest BCUT2D eigenvalue weighted by Crippen LogP contribution is 2.45. The van der Waals surface area contributed by atoms with Gasteiger partial charge in [0.15, 0.2) is 0 Å². The van der Waals surface area contributed by atoms with E-state index < -0.39 is 0 Å². The Hall–Kier alpha value is -2.73. The fourth-order valence-electron chi connectivity index (χ4n) is 5.41. The smallest absolute Gasteiger partial charge is 0.0249 e. The highest BCUT2D eigenvalue weighted by molar-refractivity contribution is 7.81. The lowest BCUT2D eigenvalue weighted by Gasteiger charge is -2.57. The Morgan fingerprint density at radius 3 is 1.79 bits per heavy atom. The number of allylic oxidation sites excluding steroid dienone is 1. The lowest BCUT2D eigenvalue weighted by atomic mass is 9.71. The summed E-state index contributed by atoms with van der Waals surface area (Å²) in [6.45, 7) is 22.0. The van der Waals surface area contributed by atoms with Gasteiger partial charge in [0.2, 0.25) is 0 Å². The zero-order valence-electron chi connectivity index (χ0n) is 27.7. The first-order valence-electron chi connectivity index (χ1n) is 16.2. The average Bonchev–Trinajstić information content (AvgIpc) is 3.02. The van der Waals surface area contributed by atoms with Gasteiger partial charge in [0, 0.05) is 40.9 Å². The van der Waals surface area contributed by atoms with Crippen LogP contribution in [-0.4, -0.2) is 28.8 Å². The van der Waals surface area contributed by atoms with E-state index in [0.29, 0.717) is 23.3 Å². The molecule has 3 aromatic rings. The molecule has 2 heteroatoms. The monoisotopic (exact) mass is 583 g/mol. The summed E-state index contributed by atoms with van der Waals surface area (Å²) in [5, 5.41) is 0.461. The summed E-state index contributed by atoms with van der Waals surface area (Å²) in [7, 11) is 0. The van der Waals surface area contributed by atoms with E-state index in [1.165, 1.54) is 42.4 Å². The van der Waals surface area contributed by atoms with Gasteiger partial charge in [0.1, 0.15) is 0 Å². The zero-order chi connectivity index (χ0) is 31.3. The van der Waals surface area contributed by atoms with Crippen LogP contribution in [0.15, 0.2) is 97.1 Å². The van der Waals surface area contributed by atoms with Gasteiger partial charge in [-0.05, 0) is 69.4 Å². The van der Waals surface area contributed by atoms with Crippen molar-refractivity contribution in [2.24, 2.45) is 0 Å². The maximum Gasteiger partial charge on any atom is 0.0249 e. The first-order valence-corrected chi connectivity index (χ1v) is 16.7. The van der Waals surface area contributed by atoms with E-state index >= 15 is 0 Å². The lowest BCUT2D eigenvalue weighted by molar-refractivity contribution is -0.0209. The second-order valence-corrected chi connectivity index (χ2v) is 11.3. The van der Waals surface area contributed by atoms with Gasteiger partial charge in [-0.2, -0.15) is 12.6 Å². The number of thiol groups is 1. The number of benzene rings is 3. The zero-order valence-corrected chi connectivity index (χ0v) is 28.6. The fraction of sp³-hybridized carbons (Fsp3) is 0.450. The summed E-state index contributed by atoms with van der Waals surface area (Å²) in [4.78, 5) is 2.73. The minimum absolute atomic E-state index is 0.461. The molecule has 1 fully saturated rings. The number of aryl methyl sites for hydroxylation is 1. The Bertz CT molecular complexity index is 1160. The molecule has 0 saturated carbocycles. The maximum atomic E-state index is 4.88. The number of hydrogen-bond donors (Lipinski definition) is 1. The first-order chi connectivity index (χ1) is 20.4. The average molecular weight is 584 g/mol. The van der Waals surface area contributed by atoms with Crippen molar-refractivity contribution in [2.45, 2.75) is 111 Å². The molecule has 1 saturated heterocycles. The van der Waals surface area contributed by atoms with Gasteiger partial charge in [-0.1, -0.05) is 132 Å². The van der Waals surface area contributed by atoms with E-state index in [1.54, 1.807) is 0 Å². The van der Waals surface area contributed by atoms with Gasteiger partial charge in [-0.15, -0.1) is 6.58 Å². The molecule has 4 rings (SSSR count). The normalized spacial score (nSPS) is 17.7. The van der Waals surface area contributed by atoms with Crippen molar-refractivity contribution in [3.63, 3.8) is 0 Å². The van der Waals surface area contributed by atoms with Crippen molar-refractivity contribution in [1.82, 2.24) is 4.90 Å². The van der Waals surface area contributed by atoms with Crippen LogP contribution in [0.4, 0.5) is 0 Å². The summed E-state index contributed by atoms with van der Waals surface area (Å²) < 4.78 is 0. The molecule has 4 atom stereocenters. The molecule has 0 spiro atoms. The van der Waals surface area contributed by atoms with Crippen LogP contribution in [0.5, 0.6) is 0 Å². The molecule has 0 amide bonds. The van der Waals surface area contributed by atoms with Crippen molar-refractivity contribution in [2.75, 3.05) is 6.54 Å². The molecule has 0 aliphatic carbocycles. The molecule has 0 aromatic heterocycles. The van der Waals surface area contributed by atoms with Gasteiger partial charge in [-0.25, -0.2) is 0 Å². The summed E-state index contributed by atoms with van der Waals surface area (Å²) in [6.07, 6.45) is 5.84. The van der Waals surface area contributed by atoms with Crippen LogP contribution in [0.2, 0.25) is 0 Å². The molecule has 1 aliphatic rings. The molecule has 1 nitrogen and oxygen atoms in total. The predicted octanol–water partition coefficient (Wildman–Crippen LogP) is 11.1. The van der Waals surface area contributed by atoms with Crippen molar-refractivity contribution >= 4 is 12.6 Å². The van der Waals surface area contributed by atoms with E-state index in [-0.39, 0.29) is 0 Å². The maximum absolute atomic E-state index is 4.88. The standard InChI is InChI=1S/C29H37NS.C7H8.2C2H6/c1-5-10-26(31)21-30-27(6-2)29(28(30)20-13-22(3)4)25-18-16-24(17-19-25)15-14-23-11-8-7-9-12-23;1-7-5-3-2-4-6-7;2*1-2/h7-9,11-12,16-19,26-29,31H,3,5-6,10,13,20-21H2,1-2,4H3;2-6H,1H3;2*1-2H3/t26-,27+,28-,29-;;;/m0.../s1. The first kappa shape index (κ1) is 37.3. The molecule has 1 heterocycles. The molecule has 228 valence electrons. The Kier molecular flexibility index (Phi) is 19.4. The van der Waals surface area contributed by atoms with Gasteiger partial charge in [-0.3, -0.25) is 4.90 Å². The van der Waals surface area contributed by atoms with Crippen molar-refractivity contribution in [1.29, 1.82) is 0 Å². The van der Waals surface area contributed by atoms with E-state index in [9.17, 15) is 0 Å². The Labute approximate surface area is 265 Å². The SMILES string of the molecule is C=C(C)CC[C@H]1[C@@H](c2ccc(C#Cc3ccccc3)cc2)[C@@H](CC)N1C[C@@H](S)CCC.CC.CC.Cc1ccccc1. The molecular weight excluding hydrogens is 527 g/mol. The van der Waals surface area contributed by atoms with Crippen LogP contribution in [0.1, 0.15) is 109 Å². The number of rotatable bonds is 9. The van der Waals surface area contributed by atoms with E-state index in [4.69, 9.17) is 12.6 Å².